The molecule has 2 aromatic carbocycles. The van der Waals surface area contributed by atoms with Gasteiger partial charge in [-0.2, -0.15) is 4.31 Å². The zero-order valence-corrected chi connectivity index (χ0v) is 21.2. The fourth-order valence-corrected chi connectivity index (χ4v) is 6.00. The molecular weight excluding hydrogens is 478 g/mol. The van der Waals surface area contributed by atoms with Crippen LogP contribution in [0.2, 0.25) is 0 Å². The van der Waals surface area contributed by atoms with Gasteiger partial charge in [-0.3, -0.25) is 4.52 Å². The van der Waals surface area contributed by atoms with Gasteiger partial charge < -0.3 is 19.8 Å². The SMILES string of the molecule is O=P(O)(O)OP(=O)(O)OC(CCCCCCCCCCCO)(c1ccccc1)c1ccccc1. The van der Waals surface area contributed by atoms with Crippen molar-refractivity contribution in [1.29, 1.82) is 0 Å². The fraction of sp³-hybridized carbons (Fsp3) is 0.500. The van der Waals surface area contributed by atoms with Gasteiger partial charge in [-0.25, -0.2) is 9.13 Å². The molecule has 10 heteroatoms. The molecule has 1 atom stereocenters. The highest BCUT2D eigenvalue weighted by molar-refractivity contribution is 7.60. The Balaban J connectivity index is 2.17. The molecule has 0 radical (unpaired) electrons. The molecule has 4 N–H and O–H groups in total. The first-order valence-electron chi connectivity index (χ1n) is 11.7. The first-order valence-corrected chi connectivity index (χ1v) is 14.7. The van der Waals surface area contributed by atoms with E-state index >= 15 is 0 Å². The van der Waals surface area contributed by atoms with Gasteiger partial charge in [0.05, 0.1) is 0 Å². The standard InChI is InChI=1S/C24H36O8P2/c25-21-15-7-5-3-1-2-4-6-14-20-24(22-16-10-8-11-17-22,23-18-12-9-13-19-23)31-34(29,30)32-33(26,27)28/h8-13,16-19,25H,1-7,14-15,20-21H2,(H,29,30)(H2,26,27,28). The van der Waals surface area contributed by atoms with Crippen LogP contribution in [0.1, 0.15) is 75.3 Å². The van der Waals surface area contributed by atoms with Gasteiger partial charge in [-0.05, 0) is 30.4 Å². The second-order valence-electron chi connectivity index (χ2n) is 8.35. The van der Waals surface area contributed by atoms with Gasteiger partial charge in [0, 0.05) is 6.61 Å². The number of hydrogen-bond donors (Lipinski definition) is 4. The van der Waals surface area contributed by atoms with Crippen molar-refractivity contribution < 1.29 is 37.8 Å². The molecule has 0 bridgehead atoms. The highest BCUT2D eigenvalue weighted by Crippen LogP contribution is 2.62. The third-order valence-corrected chi connectivity index (χ3v) is 7.87. The van der Waals surface area contributed by atoms with Crippen LogP contribution in [0, 0.1) is 0 Å². The van der Waals surface area contributed by atoms with Gasteiger partial charge in [-0.15, -0.1) is 0 Å². The highest BCUT2D eigenvalue weighted by atomic mass is 31.3. The van der Waals surface area contributed by atoms with Crippen LogP contribution in [0.25, 0.3) is 0 Å². The summed E-state index contributed by atoms with van der Waals surface area (Å²) in [5, 5.41) is 8.83. The number of phosphoric acid groups is 2. The van der Waals surface area contributed by atoms with Crippen molar-refractivity contribution in [3.8, 4) is 0 Å². The molecule has 0 fully saturated rings. The average Bonchev–Trinajstić information content (AvgIpc) is 2.79. The molecule has 0 aliphatic carbocycles. The van der Waals surface area contributed by atoms with E-state index in [1.165, 1.54) is 0 Å². The molecule has 0 aromatic heterocycles. The molecule has 0 heterocycles. The Hall–Kier alpha value is -1.34. The fourth-order valence-electron chi connectivity index (χ4n) is 4.09. The third-order valence-electron chi connectivity index (χ3n) is 5.65. The second-order valence-corrected chi connectivity index (χ2v) is 11.1. The van der Waals surface area contributed by atoms with Crippen LogP contribution < -0.4 is 0 Å². The van der Waals surface area contributed by atoms with E-state index in [4.69, 9.17) is 19.4 Å². The van der Waals surface area contributed by atoms with Crippen molar-refractivity contribution in [3.05, 3.63) is 71.8 Å². The van der Waals surface area contributed by atoms with E-state index in [2.05, 4.69) is 4.31 Å². The first kappa shape index (κ1) is 28.9. The number of aliphatic hydroxyl groups is 1. The van der Waals surface area contributed by atoms with Crippen molar-refractivity contribution in [2.75, 3.05) is 6.61 Å². The minimum Gasteiger partial charge on any atom is -0.396 e. The van der Waals surface area contributed by atoms with Crippen molar-refractivity contribution in [3.63, 3.8) is 0 Å². The molecule has 8 nitrogen and oxygen atoms in total. The van der Waals surface area contributed by atoms with Crippen molar-refractivity contribution in [2.45, 2.75) is 69.8 Å². The topological polar surface area (TPSA) is 134 Å². The Kier molecular flexibility index (Phi) is 12.1. The lowest BCUT2D eigenvalue weighted by Crippen LogP contribution is -2.30. The minimum absolute atomic E-state index is 0.243. The third kappa shape index (κ3) is 10.1. The number of benzene rings is 2. The Labute approximate surface area is 201 Å². The van der Waals surface area contributed by atoms with Gasteiger partial charge in [0.25, 0.3) is 0 Å². The molecule has 2 aromatic rings. The van der Waals surface area contributed by atoms with E-state index in [1.807, 2.05) is 12.1 Å². The van der Waals surface area contributed by atoms with Crippen LogP contribution in [0.15, 0.2) is 60.7 Å². The first-order chi connectivity index (χ1) is 16.2. The minimum atomic E-state index is -5.26. The number of rotatable bonds is 17. The number of unbranched alkanes of at least 4 members (excludes halogenated alkanes) is 8. The molecule has 2 rings (SSSR count). The van der Waals surface area contributed by atoms with Crippen LogP contribution in [0.4, 0.5) is 0 Å². The molecule has 0 saturated heterocycles. The van der Waals surface area contributed by atoms with E-state index in [1.54, 1.807) is 48.5 Å². The summed E-state index contributed by atoms with van der Waals surface area (Å²) in [6.07, 6.45) is 9.20. The quantitative estimate of drug-likeness (QED) is 0.148. The highest BCUT2D eigenvalue weighted by Gasteiger charge is 2.45. The normalized spacial score (nSPS) is 14.1. The van der Waals surface area contributed by atoms with Gasteiger partial charge in [-0.1, -0.05) is 106 Å². The zero-order chi connectivity index (χ0) is 24.9. The molecule has 190 valence electrons. The predicted octanol–water partition coefficient (Wildman–Crippen LogP) is 6.05. The van der Waals surface area contributed by atoms with Crippen molar-refractivity contribution in [2.24, 2.45) is 0 Å². The van der Waals surface area contributed by atoms with E-state index < -0.39 is 21.2 Å². The van der Waals surface area contributed by atoms with Crippen LogP contribution >= 0.6 is 15.6 Å². The molecule has 0 aliphatic rings. The monoisotopic (exact) mass is 514 g/mol. The average molecular weight is 514 g/mol. The summed E-state index contributed by atoms with van der Waals surface area (Å²) in [5.41, 5.74) is -0.242. The lowest BCUT2D eigenvalue weighted by Gasteiger charge is -2.36. The Morgan fingerprint density at radius 2 is 1.06 bits per heavy atom. The van der Waals surface area contributed by atoms with Gasteiger partial charge in [0.15, 0.2) is 0 Å². The summed E-state index contributed by atoms with van der Waals surface area (Å²) < 4.78 is 33.8. The molecule has 1 unspecified atom stereocenters. The lowest BCUT2D eigenvalue weighted by molar-refractivity contribution is 0.0540. The van der Waals surface area contributed by atoms with Gasteiger partial charge >= 0.3 is 15.6 Å². The maximum atomic E-state index is 12.7. The van der Waals surface area contributed by atoms with Crippen molar-refractivity contribution >= 4 is 15.6 Å². The molecule has 0 amide bonds. The van der Waals surface area contributed by atoms with E-state index in [0.717, 1.165) is 51.4 Å². The van der Waals surface area contributed by atoms with Crippen LogP contribution in [0.5, 0.6) is 0 Å². The summed E-state index contributed by atoms with van der Waals surface area (Å²) in [5.74, 6) is 0. The summed E-state index contributed by atoms with van der Waals surface area (Å²) in [6, 6.07) is 17.8. The van der Waals surface area contributed by atoms with E-state index in [9.17, 15) is 14.0 Å². The van der Waals surface area contributed by atoms with Gasteiger partial charge in [0.1, 0.15) is 5.60 Å². The maximum absolute atomic E-state index is 12.7. The van der Waals surface area contributed by atoms with E-state index in [-0.39, 0.29) is 6.61 Å². The number of aliphatic hydroxyl groups excluding tert-OH is 1. The van der Waals surface area contributed by atoms with E-state index in [0.29, 0.717) is 24.0 Å². The number of phosphoric ester groups is 1. The summed E-state index contributed by atoms with van der Waals surface area (Å²) in [6.45, 7) is 0.243. The Morgan fingerprint density at radius 1 is 0.647 bits per heavy atom. The summed E-state index contributed by atoms with van der Waals surface area (Å²) >= 11 is 0. The predicted molar refractivity (Wildman–Crippen MR) is 131 cm³/mol. The molecule has 34 heavy (non-hydrogen) atoms. The second kappa shape index (κ2) is 14.3. The molecule has 0 saturated carbocycles. The summed E-state index contributed by atoms with van der Waals surface area (Å²) in [4.78, 5) is 28.5. The van der Waals surface area contributed by atoms with Gasteiger partial charge in [0.2, 0.25) is 0 Å². The van der Waals surface area contributed by atoms with Crippen LogP contribution in [-0.4, -0.2) is 26.4 Å². The lowest BCUT2D eigenvalue weighted by atomic mass is 9.82. The smallest absolute Gasteiger partial charge is 0.396 e. The number of hydrogen-bond acceptors (Lipinski definition) is 5. The maximum Gasteiger partial charge on any atom is 0.482 e. The van der Waals surface area contributed by atoms with Crippen LogP contribution in [-0.2, 0) is 23.6 Å². The molecular formula is C24H36O8P2. The zero-order valence-electron chi connectivity index (χ0n) is 19.4. The largest absolute Gasteiger partial charge is 0.482 e. The molecule has 0 aliphatic heterocycles. The van der Waals surface area contributed by atoms with Crippen molar-refractivity contribution in [1.82, 2.24) is 0 Å². The Bertz CT molecular complexity index is 878. The summed E-state index contributed by atoms with van der Waals surface area (Å²) in [7, 11) is -10.4. The Morgan fingerprint density at radius 3 is 1.47 bits per heavy atom. The molecule has 0 spiro atoms. The van der Waals surface area contributed by atoms with Crippen LogP contribution in [0.3, 0.4) is 0 Å².